The molecule has 1 aromatic heterocycles. The van der Waals surface area contributed by atoms with Crippen molar-refractivity contribution >= 4 is 0 Å². The first-order valence-corrected chi connectivity index (χ1v) is 6.65. The summed E-state index contributed by atoms with van der Waals surface area (Å²) in [6.07, 6.45) is 2.19. The molecule has 0 bridgehead atoms. The van der Waals surface area contributed by atoms with E-state index in [1.807, 2.05) is 23.7 Å². The minimum absolute atomic E-state index is 0.403. The molecule has 0 N–H and O–H groups in total. The van der Waals surface area contributed by atoms with E-state index in [0.717, 1.165) is 36.5 Å². The third-order valence-corrected chi connectivity index (χ3v) is 3.02. The first kappa shape index (κ1) is 13.5. The van der Waals surface area contributed by atoms with E-state index in [-0.39, 0.29) is 0 Å². The molecule has 5 nitrogen and oxygen atoms in total. The maximum Gasteiger partial charge on any atom is 0.189 e. The number of benzene rings is 1. The van der Waals surface area contributed by atoms with Crippen molar-refractivity contribution in [2.75, 3.05) is 0 Å². The molecule has 0 unspecified atom stereocenters. The number of ether oxygens (including phenoxy) is 1. The minimum Gasteiger partial charge on any atom is -0.485 e. The summed E-state index contributed by atoms with van der Waals surface area (Å²) < 4.78 is 7.61. The zero-order valence-corrected chi connectivity index (χ0v) is 11.8. The van der Waals surface area contributed by atoms with E-state index in [4.69, 9.17) is 4.74 Å². The Balaban J connectivity index is 2.00. The molecule has 0 radical (unpaired) electrons. The molecule has 1 heterocycles. The standard InChI is InChI=1S/C14H20N4O/c1-4-5-8-18-14(15-16-17-18)10-19-13-7-6-11(2)9-12(13)3/h6-7,9H,4-5,8,10H2,1-3H3. The summed E-state index contributed by atoms with van der Waals surface area (Å²) >= 11 is 0. The van der Waals surface area contributed by atoms with Crippen molar-refractivity contribution in [1.82, 2.24) is 20.2 Å². The number of nitrogens with zero attached hydrogens (tertiary/aromatic N) is 4. The number of aromatic nitrogens is 4. The summed E-state index contributed by atoms with van der Waals surface area (Å²) in [6, 6.07) is 6.14. The predicted octanol–water partition coefficient (Wildman–Crippen LogP) is 2.67. The van der Waals surface area contributed by atoms with Crippen molar-refractivity contribution in [1.29, 1.82) is 0 Å². The summed E-state index contributed by atoms with van der Waals surface area (Å²) in [5.41, 5.74) is 2.37. The van der Waals surface area contributed by atoms with Crippen LogP contribution in [0, 0.1) is 13.8 Å². The second kappa shape index (κ2) is 6.31. The van der Waals surface area contributed by atoms with Gasteiger partial charge in [-0.05, 0) is 42.3 Å². The number of hydrogen-bond donors (Lipinski definition) is 0. The minimum atomic E-state index is 0.403. The maximum atomic E-state index is 5.79. The highest BCUT2D eigenvalue weighted by Gasteiger charge is 2.07. The van der Waals surface area contributed by atoms with Gasteiger partial charge < -0.3 is 4.74 Å². The van der Waals surface area contributed by atoms with Crippen LogP contribution in [0.4, 0.5) is 0 Å². The normalized spacial score (nSPS) is 10.7. The molecular formula is C14H20N4O. The Morgan fingerprint density at radius 3 is 2.84 bits per heavy atom. The molecule has 19 heavy (non-hydrogen) atoms. The highest BCUT2D eigenvalue weighted by molar-refractivity contribution is 5.35. The summed E-state index contributed by atoms with van der Waals surface area (Å²) in [6.45, 7) is 7.51. The molecule has 1 aromatic carbocycles. The van der Waals surface area contributed by atoms with Crippen molar-refractivity contribution in [2.24, 2.45) is 0 Å². The fraction of sp³-hybridized carbons (Fsp3) is 0.500. The lowest BCUT2D eigenvalue weighted by atomic mass is 10.1. The van der Waals surface area contributed by atoms with Gasteiger partial charge in [0.2, 0.25) is 0 Å². The fourth-order valence-corrected chi connectivity index (χ4v) is 1.91. The van der Waals surface area contributed by atoms with E-state index in [1.54, 1.807) is 0 Å². The molecule has 0 fully saturated rings. The highest BCUT2D eigenvalue weighted by atomic mass is 16.5. The Morgan fingerprint density at radius 2 is 2.11 bits per heavy atom. The van der Waals surface area contributed by atoms with Crippen molar-refractivity contribution in [3.63, 3.8) is 0 Å². The second-order valence-electron chi connectivity index (χ2n) is 4.73. The zero-order chi connectivity index (χ0) is 13.7. The zero-order valence-electron chi connectivity index (χ0n) is 11.8. The second-order valence-corrected chi connectivity index (χ2v) is 4.73. The number of unbranched alkanes of at least 4 members (excludes halogenated alkanes) is 1. The van der Waals surface area contributed by atoms with Crippen LogP contribution in [-0.4, -0.2) is 20.2 Å². The lowest BCUT2D eigenvalue weighted by Gasteiger charge is -2.09. The van der Waals surface area contributed by atoms with Gasteiger partial charge >= 0.3 is 0 Å². The van der Waals surface area contributed by atoms with Gasteiger partial charge in [0.15, 0.2) is 5.82 Å². The molecule has 0 aliphatic rings. The Morgan fingerprint density at radius 1 is 1.26 bits per heavy atom. The van der Waals surface area contributed by atoms with Gasteiger partial charge in [-0.25, -0.2) is 4.68 Å². The summed E-state index contributed by atoms with van der Waals surface area (Å²) in [4.78, 5) is 0. The van der Waals surface area contributed by atoms with Gasteiger partial charge in [-0.2, -0.15) is 0 Å². The van der Waals surface area contributed by atoms with Crippen molar-refractivity contribution < 1.29 is 4.74 Å². The molecule has 0 spiro atoms. The van der Waals surface area contributed by atoms with Crippen LogP contribution in [0.3, 0.4) is 0 Å². The van der Waals surface area contributed by atoms with Crippen molar-refractivity contribution in [3.8, 4) is 5.75 Å². The summed E-state index contributed by atoms with van der Waals surface area (Å²) in [5.74, 6) is 1.66. The van der Waals surface area contributed by atoms with E-state index in [2.05, 4.69) is 35.4 Å². The Bertz CT molecular complexity index is 536. The fourth-order valence-electron chi connectivity index (χ4n) is 1.91. The number of rotatable bonds is 6. The Labute approximate surface area is 113 Å². The van der Waals surface area contributed by atoms with Crippen LogP contribution in [-0.2, 0) is 13.2 Å². The number of hydrogen-bond acceptors (Lipinski definition) is 4. The van der Waals surface area contributed by atoms with Crippen LogP contribution in [0.2, 0.25) is 0 Å². The van der Waals surface area contributed by atoms with Gasteiger partial charge in [-0.15, -0.1) is 5.10 Å². The van der Waals surface area contributed by atoms with E-state index in [9.17, 15) is 0 Å². The third kappa shape index (κ3) is 3.53. The molecule has 102 valence electrons. The quantitative estimate of drug-likeness (QED) is 0.801. The van der Waals surface area contributed by atoms with E-state index >= 15 is 0 Å². The van der Waals surface area contributed by atoms with Gasteiger partial charge in [0, 0.05) is 6.54 Å². The average molecular weight is 260 g/mol. The maximum absolute atomic E-state index is 5.79. The largest absolute Gasteiger partial charge is 0.485 e. The molecule has 2 rings (SSSR count). The molecule has 0 aliphatic heterocycles. The van der Waals surface area contributed by atoms with Gasteiger partial charge in [0.25, 0.3) is 0 Å². The predicted molar refractivity (Wildman–Crippen MR) is 73.0 cm³/mol. The molecule has 0 amide bonds. The topological polar surface area (TPSA) is 52.8 Å². The first-order valence-electron chi connectivity index (χ1n) is 6.65. The molecule has 0 saturated heterocycles. The van der Waals surface area contributed by atoms with Crippen LogP contribution in [0.5, 0.6) is 5.75 Å². The molecule has 0 saturated carbocycles. The first-order chi connectivity index (χ1) is 9.20. The van der Waals surface area contributed by atoms with Crippen LogP contribution < -0.4 is 4.74 Å². The highest BCUT2D eigenvalue weighted by Crippen LogP contribution is 2.19. The van der Waals surface area contributed by atoms with Gasteiger partial charge in [0.05, 0.1) is 0 Å². The molecule has 0 atom stereocenters. The number of aryl methyl sites for hydroxylation is 3. The van der Waals surface area contributed by atoms with Crippen LogP contribution >= 0.6 is 0 Å². The summed E-state index contributed by atoms with van der Waals surface area (Å²) in [5, 5.41) is 11.7. The molecule has 2 aromatic rings. The van der Waals surface area contributed by atoms with E-state index < -0.39 is 0 Å². The van der Waals surface area contributed by atoms with Gasteiger partial charge in [-0.3, -0.25) is 0 Å². The van der Waals surface area contributed by atoms with Gasteiger partial charge in [-0.1, -0.05) is 31.0 Å². The van der Waals surface area contributed by atoms with E-state index in [0.29, 0.717) is 6.61 Å². The number of tetrazole rings is 1. The van der Waals surface area contributed by atoms with Gasteiger partial charge in [0.1, 0.15) is 12.4 Å². The van der Waals surface area contributed by atoms with Crippen molar-refractivity contribution in [2.45, 2.75) is 46.8 Å². The Hall–Kier alpha value is -1.91. The Kier molecular flexibility index (Phi) is 4.49. The van der Waals surface area contributed by atoms with Crippen LogP contribution in [0.25, 0.3) is 0 Å². The summed E-state index contributed by atoms with van der Waals surface area (Å²) in [7, 11) is 0. The third-order valence-electron chi connectivity index (χ3n) is 3.02. The lowest BCUT2D eigenvalue weighted by Crippen LogP contribution is -2.09. The van der Waals surface area contributed by atoms with Crippen LogP contribution in [0.1, 0.15) is 36.7 Å². The lowest BCUT2D eigenvalue weighted by molar-refractivity contribution is 0.284. The SMILES string of the molecule is CCCCn1nnnc1COc1ccc(C)cc1C. The van der Waals surface area contributed by atoms with Crippen molar-refractivity contribution in [3.05, 3.63) is 35.2 Å². The molecular weight excluding hydrogens is 240 g/mol. The monoisotopic (exact) mass is 260 g/mol. The average Bonchev–Trinajstić information content (AvgIpc) is 2.83. The van der Waals surface area contributed by atoms with E-state index in [1.165, 1.54) is 5.56 Å². The molecule has 0 aliphatic carbocycles. The smallest absolute Gasteiger partial charge is 0.189 e. The van der Waals surface area contributed by atoms with Crippen LogP contribution in [0.15, 0.2) is 18.2 Å². The molecule has 5 heteroatoms.